The van der Waals surface area contributed by atoms with E-state index in [0.29, 0.717) is 10.0 Å². The zero-order valence-electron chi connectivity index (χ0n) is 10.0. The van der Waals surface area contributed by atoms with Crippen LogP contribution in [0, 0.1) is 5.82 Å². The van der Waals surface area contributed by atoms with Crippen molar-refractivity contribution in [2.75, 3.05) is 5.33 Å². The summed E-state index contributed by atoms with van der Waals surface area (Å²) < 4.78 is 12.9. The normalized spacial score (nSPS) is 12.4. The molecule has 0 nitrogen and oxygen atoms in total. The topological polar surface area (TPSA) is 0 Å². The first-order valence-corrected chi connectivity index (χ1v) is 7.74. The van der Waals surface area contributed by atoms with Crippen molar-refractivity contribution in [2.24, 2.45) is 0 Å². The van der Waals surface area contributed by atoms with Gasteiger partial charge >= 0.3 is 0 Å². The summed E-state index contributed by atoms with van der Waals surface area (Å²) >= 11 is 15.7. The Morgan fingerprint density at radius 2 is 1.74 bits per heavy atom. The zero-order chi connectivity index (χ0) is 13.8. The Morgan fingerprint density at radius 3 is 2.37 bits per heavy atom. The molecule has 0 saturated carbocycles. The first kappa shape index (κ1) is 14.8. The second-order valence-electron chi connectivity index (χ2n) is 4.32. The van der Waals surface area contributed by atoms with Gasteiger partial charge in [0.05, 0.1) is 10.0 Å². The average molecular weight is 362 g/mol. The third-order valence-corrected chi connectivity index (χ3v) is 4.67. The minimum absolute atomic E-state index is 0.224. The maximum Gasteiger partial charge on any atom is 0.123 e. The third kappa shape index (κ3) is 3.71. The molecule has 0 radical (unpaired) electrons. The van der Waals surface area contributed by atoms with Crippen molar-refractivity contribution in [3.63, 3.8) is 0 Å². The van der Waals surface area contributed by atoms with Crippen LogP contribution in [0.1, 0.15) is 17.0 Å². The van der Waals surface area contributed by atoms with Crippen molar-refractivity contribution in [1.82, 2.24) is 0 Å². The molecule has 1 atom stereocenters. The Hall–Kier alpha value is -0.570. The molecule has 0 amide bonds. The van der Waals surface area contributed by atoms with Crippen LogP contribution in [-0.4, -0.2) is 5.33 Å². The molecule has 0 aliphatic heterocycles. The van der Waals surface area contributed by atoms with Gasteiger partial charge in [-0.2, -0.15) is 0 Å². The molecule has 0 bridgehead atoms. The predicted octanol–water partition coefficient (Wildman–Crippen LogP) is 5.85. The molecular weight excluding hydrogens is 350 g/mol. The Kier molecular flexibility index (Phi) is 5.26. The van der Waals surface area contributed by atoms with Crippen molar-refractivity contribution in [3.8, 4) is 0 Å². The highest BCUT2D eigenvalue weighted by Gasteiger charge is 2.14. The van der Waals surface area contributed by atoms with Crippen molar-refractivity contribution < 1.29 is 4.39 Å². The SMILES string of the molecule is Fc1ccc(C(CBr)Cc2cccc(Cl)c2Cl)cc1. The molecule has 100 valence electrons. The number of halogens is 4. The minimum Gasteiger partial charge on any atom is -0.207 e. The molecule has 0 aromatic heterocycles. The summed E-state index contributed by atoms with van der Waals surface area (Å²) in [6, 6.07) is 12.2. The average Bonchev–Trinajstić information content (AvgIpc) is 2.42. The first-order chi connectivity index (χ1) is 9.11. The standard InChI is InChI=1S/C15H12BrCl2F/c16-9-12(10-4-6-13(19)7-5-10)8-11-2-1-3-14(17)15(11)18/h1-7,12H,8-9H2. The molecule has 2 aromatic carbocycles. The summed E-state index contributed by atoms with van der Waals surface area (Å²) in [6.07, 6.45) is 0.760. The molecule has 2 aromatic rings. The Balaban J connectivity index is 2.24. The summed E-state index contributed by atoms with van der Waals surface area (Å²) in [7, 11) is 0. The molecule has 0 aliphatic carbocycles. The fraction of sp³-hybridized carbons (Fsp3) is 0.200. The van der Waals surface area contributed by atoms with Crippen LogP contribution in [0.5, 0.6) is 0 Å². The van der Waals surface area contributed by atoms with Gasteiger partial charge in [0.1, 0.15) is 5.82 Å². The van der Waals surface area contributed by atoms with Gasteiger partial charge in [-0.15, -0.1) is 0 Å². The zero-order valence-corrected chi connectivity index (χ0v) is 13.1. The number of hydrogen-bond acceptors (Lipinski definition) is 0. The second-order valence-corrected chi connectivity index (χ2v) is 5.75. The summed E-state index contributed by atoms with van der Waals surface area (Å²) in [6.45, 7) is 0. The van der Waals surface area contributed by atoms with Gasteiger partial charge in [-0.3, -0.25) is 0 Å². The van der Waals surface area contributed by atoms with Crippen LogP contribution in [0.15, 0.2) is 42.5 Å². The number of rotatable bonds is 4. The Labute approximate surface area is 130 Å². The summed E-state index contributed by atoms with van der Waals surface area (Å²) in [5.41, 5.74) is 2.08. The van der Waals surface area contributed by atoms with Crippen LogP contribution in [-0.2, 0) is 6.42 Å². The van der Waals surface area contributed by atoms with Crippen LogP contribution in [0.4, 0.5) is 4.39 Å². The van der Waals surface area contributed by atoms with Gasteiger partial charge in [-0.05, 0) is 41.7 Å². The molecule has 19 heavy (non-hydrogen) atoms. The fourth-order valence-electron chi connectivity index (χ4n) is 1.97. The van der Waals surface area contributed by atoms with E-state index in [0.717, 1.165) is 22.9 Å². The number of benzene rings is 2. The summed E-state index contributed by atoms with van der Waals surface area (Å²) in [5.74, 6) is 0.00873. The van der Waals surface area contributed by atoms with Crippen LogP contribution < -0.4 is 0 Å². The number of alkyl halides is 1. The lowest BCUT2D eigenvalue weighted by molar-refractivity contribution is 0.625. The van der Waals surface area contributed by atoms with Gasteiger partial charge in [0.15, 0.2) is 0 Å². The predicted molar refractivity (Wildman–Crippen MR) is 83.1 cm³/mol. The first-order valence-electron chi connectivity index (χ1n) is 5.86. The monoisotopic (exact) mass is 360 g/mol. The lowest BCUT2D eigenvalue weighted by Crippen LogP contribution is -2.05. The van der Waals surface area contributed by atoms with Crippen LogP contribution in [0.25, 0.3) is 0 Å². The molecular formula is C15H12BrCl2F. The summed E-state index contributed by atoms with van der Waals surface area (Å²) in [5, 5.41) is 1.94. The second kappa shape index (κ2) is 6.74. The van der Waals surface area contributed by atoms with E-state index in [1.807, 2.05) is 12.1 Å². The van der Waals surface area contributed by atoms with Crippen molar-refractivity contribution in [3.05, 3.63) is 69.5 Å². The van der Waals surface area contributed by atoms with Gasteiger partial charge in [0, 0.05) is 5.33 Å². The lowest BCUT2D eigenvalue weighted by Gasteiger charge is -2.16. The third-order valence-electron chi connectivity index (χ3n) is 3.03. The van der Waals surface area contributed by atoms with Gasteiger partial charge in [-0.1, -0.05) is 63.4 Å². The quantitative estimate of drug-likeness (QED) is 0.599. The maximum atomic E-state index is 12.9. The molecule has 0 aliphatic rings. The van der Waals surface area contributed by atoms with Crippen molar-refractivity contribution in [1.29, 1.82) is 0 Å². The highest BCUT2D eigenvalue weighted by atomic mass is 79.9. The van der Waals surface area contributed by atoms with Crippen molar-refractivity contribution in [2.45, 2.75) is 12.3 Å². The largest absolute Gasteiger partial charge is 0.207 e. The van der Waals surface area contributed by atoms with E-state index >= 15 is 0 Å². The molecule has 1 unspecified atom stereocenters. The van der Waals surface area contributed by atoms with E-state index in [1.165, 1.54) is 12.1 Å². The smallest absolute Gasteiger partial charge is 0.123 e. The van der Waals surface area contributed by atoms with Gasteiger partial charge in [-0.25, -0.2) is 4.39 Å². The van der Waals surface area contributed by atoms with Crippen molar-refractivity contribution >= 4 is 39.1 Å². The maximum absolute atomic E-state index is 12.9. The van der Waals surface area contributed by atoms with Crippen LogP contribution >= 0.6 is 39.1 Å². The molecule has 0 N–H and O–H groups in total. The van der Waals surface area contributed by atoms with E-state index in [9.17, 15) is 4.39 Å². The fourth-order valence-corrected chi connectivity index (χ4v) is 2.97. The Bertz CT molecular complexity index is 555. The van der Waals surface area contributed by atoms with Gasteiger partial charge < -0.3 is 0 Å². The molecule has 0 fully saturated rings. The highest BCUT2D eigenvalue weighted by molar-refractivity contribution is 9.09. The van der Waals surface area contributed by atoms with E-state index in [-0.39, 0.29) is 11.7 Å². The van der Waals surface area contributed by atoms with E-state index < -0.39 is 0 Å². The number of hydrogen-bond donors (Lipinski definition) is 0. The molecule has 4 heteroatoms. The lowest BCUT2D eigenvalue weighted by atomic mass is 9.94. The van der Waals surface area contributed by atoms with E-state index in [1.54, 1.807) is 18.2 Å². The molecule has 0 heterocycles. The molecule has 2 rings (SSSR count). The minimum atomic E-state index is -0.224. The summed E-state index contributed by atoms with van der Waals surface area (Å²) in [4.78, 5) is 0. The Morgan fingerprint density at radius 1 is 1.05 bits per heavy atom. The van der Waals surface area contributed by atoms with E-state index in [4.69, 9.17) is 23.2 Å². The molecule has 0 saturated heterocycles. The highest BCUT2D eigenvalue weighted by Crippen LogP contribution is 2.31. The van der Waals surface area contributed by atoms with E-state index in [2.05, 4.69) is 15.9 Å². The van der Waals surface area contributed by atoms with Gasteiger partial charge in [0.2, 0.25) is 0 Å². The van der Waals surface area contributed by atoms with Gasteiger partial charge in [0.25, 0.3) is 0 Å². The van der Waals surface area contributed by atoms with Crippen LogP contribution in [0.3, 0.4) is 0 Å². The van der Waals surface area contributed by atoms with Crippen LogP contribution in [0.2, 0.25) is 10.0 Å². The molecule has 0 spiro atoms.